The lowest BCUT2D eigenvalue weighted by Gasteiger charge is -2.13. The molecule has 0 bridgehead atoms. The van der Waals surface area contributed by atoms with Crippen molar-refractivity contribution in [1.29, 1.82) is 0 Å². The summed E-state index contributed by atoms with van der Waals surface area (Å²) >= 11 is 0. The molecule has 0 radical (unpaired) electrons. The molecule has 162 valence electrons. The van der Waals surface area contributed by atoms with E-state index in [1.54, 1.807) is 41.0 Å². The van der Waals surface area contributed by atoms with Gasteiger partial charge in [-0.05, 0) is 24.3 Å². The predicted octanol–water partition coefficient (Wildman–Crippen LogP) is 4.46. The summed E-state index contributed by atoms with van der Waals surface area (Å²) in [6.45, 7) is 0. The smallest absolute Gasteiger partial charge is 0.277 e. The minimum atomic E-state index is -0.683. The van der Waals surface area contributed by atoms with Crippen LogP contribution in [0.4, 0.5) is 11.4 Å². The first-order valence-corrected chi connectivity index (χ1v) is 9.69. The quantitative estimate of drug-likeness (QED) is 0.287. The third-order valence-electron chi connectivity index (χ3n) is 5.08. The first-order chi connectivity index (χ1) is 16.0. The highest BCUT2D eigenvalue weighted by Gasteiger charge is 2.24. The number of fused-ring (bicyclic) bond motifs is 2. The summed E-state index contributed by atoms with van der Waals surface area (Å²) in [6, 6.07) is 17.7. The fourth-order valence-corrected chi connectivity index (χ4v) is 3.63. The van der Waals surface area contributed by atoms with Crippen LogP contribution < -0.4 is 4.74 Å². The average molecular weight is 442 g/mol. The molecule has 0 saturated carbocycles. The van der Waals surface area contributed by atoms with Crippen molar-refractivity contribution >= 4 is 33.7 Å². The lowest BCUT2D eigenvalue weighted by molar-refractivity contribution is -0.394. The molecule has 5 aromatic rings. The minimum absolute atomic E-state index is 0.172. The second-order valence-corrected chi connectivity index (χ2v) is 7.05. The van der Waals surface area contributed by atoms with Crippen molar-refractivity contribution in [2.45, 2.75) is 0 Å². The summed E-state index contributed by atoms with van der Waals surface area (Å²) in [7, 11) is 1.51. The van der Waals surface area contributed by atoms with E-state index < -0.39 is 21.2 Å². The SMILES string of the molecule is COc1ccccc1-n1c(-c2cc([N+](=O)[O-])cc([N+](=O)[O-])c2)nc2nc3ccccc3nc21. The Morgan fingerprint density at radius 1 is 0.818 bits per heavy atom. The Morgan fingerprint density at radius 2 is 1.42 bits per heavy atom. The van der Waals surface area contributed by atoms with Gasteiger partial charge in [0.2, 0.25) is 0 Å². The Kier molecular flexibility index (Phi) is 4.63. The summed E-state index contributed by atoms with van der Waals surface area (Å²) in [5.41, 5.74) is 1.77. The largest absolute Gasteiger partial charge is 0.495 e. The van der Waals surface area contributed by atoms with E-state index in [1.165, 1.54) is 19.2 Å². The Morgan fingerprint density at radius 3 is 2.06 bits per heavy atom. The Balaban J connectivity index is 1.91. The molecular formula is C22H14N6O5. The third kappa shape index (κ3) is 3.37. The number of benzene rings is 3. The first kappa shape index (κ1) is 20.0. The molecule has 0 N–H and O–H groups in total. The van der Waals surface area contributed by atoms with Crippen LogP contribution in [0.1, 0.15) is 0 Å². The summed E-state index contributed by atoms with van der Waals surface area (Å²) in [5.74, 6) is 0.699. The van der Waals surface area contributed by atoms with Gasteiger partial charge in [-0.2, -0.15) is 0 Å². The number of methoxy groups -OCH3 is 1. The molecule has 2 aromatic heterocycles. The fourth-order valence-electron chi connectivity index (χ4n) is 3.63. The third-order valence-corrected chi connectivity index (χ3v) is 5.08. The molecule has 0 aliphatic heterocycles. The topological polar surface area (TPSA) is 139 Å². The normalized spacial score (nSPS) is 11.1. The number of nitro groups is 2. The molecule has 11 nitrogen and oxygen atoms in total. The number of hydrogen-bond donors (Lipinski definition) is 0. The fraction of sp³-hybridized carbons (Fsp3) is 0.0455. The van der Waals surface area contributed by atoms with Crippen LogP contribution in [0.2, 0.25) is 0 Å². The second-order valence-electron chi connectivity index (χ2n) is 7.05. The summed E-state index contributed by atoms with van der Waals surface area (Å²) in [6.07, 6.45) is 0. The van der Waals surface area contributed by atoms with Crippen molar-refractivity contribution in [2.24, 2.45) is 0 Å². The van der Waals surface area contributed by atoms with Crippen LogP contribution in [-0.2, 0) is 0 Å². The molecule has 0 unspecified atom stereocenters. The van der Waals surface area contributed by atoms with Crippen LogP contribution in [0.15, 0.2) is 66.7 Å². The molecule has 0 saturated heterocycles. The van der Waals surface area contributed by atoms with Crippen LogP contribution in [0.3, 0.4) is 0 Å². The lowest BCUT2D eigenvalue weighted by Crippen LogP contribution is -2.02. The Bertz CT molecular complexity index is 1550. The van der Waals surface area contributed by atoms with Gasteiger partial charge in [0, 0.05) is 17.7 Å². The molecule has 0 atom stereocenters. The van der Waals surface area contributed by atoms with E-state index in [9.17, 15) is 20.2 Å². The van der Waals surface area contributed by atoms with Gasteiger partial charge >= 0.3 is 0 Å². The van der Waals surface area contributed by atoms with Crippen LogP contribution in [0, 0.1) is 20.2 Å². The molecule has 0 fully saturated rings. The van der Waals surface area contributed by atoms with Crippen LogP contribution in [-0.4, -0.2) is 36.5 Å². The lowest BCUT2D eigenvalue weighted by atomic mass is 10.1. The Hall–Kier alpha value is -4.93. The standard InChI is InChI=1S/C22H14N6O5/c1-33-19-9-5-4-8-18(19)26-21(13-10-14(27(29)30)12-15(11-13)28(31)32)25-20-22(26)24-17-7-3-2-6-16(17)23-20/h2-12H,1H3. The molecule has 2 heterocycles. The van der Waals surface area contributed by atoms with Gasteiger partial charge in [0.05, 0.1) is 39.7 Å². The average Bonchev–Trinajstić information content (AvgIpc) is 3.20. The van der Waals surface area contributed by atoms with E-state index >= 15 is 0 Å². The van der Waals surface area contributed by atoms with Crippen molar-refractivity contribution < 1.29 is 14.6 Å². The number of non-ortho nitro benzene ring substituents is 2. The van der Waals surface area contributed by atoms with E-state index in [4.69, 9.17) is 9.72 Å². The van der Waals surface area contributed by atoms with Gasteiger partial charge in [-0.1, -0.05) is 24.3 Å². The zero-order valence-corrected chi connectivity index (χ0v) is 17.1. The Labute approximate surface area is 185 Å². The second kappa shape index (κ2) is 7.64. The minimum Gasteiger partial charge on any atom is -0.495 e. The maximum absolute atomic E-state index is 11.5. The summed E-state index contributed by atoms with van der Waals surface area (Å²) < 4.78 is 7.14. The van der Waals surface area contributed by atoms with Gasteiger partial charge in [0.15, 0.2) is 11.3 Å². The van der Waals surface area contributed by atoms with E-state index in [0.717, 1.165) is 6.07 Å². The van der Waals surface area contributed by atoms with Crippen LogP contribution in [0.25, 0.3) is 39.4 Å². The van der Waals surface area contributed by atoms with Crippen LogP contribution in [0.5, 0.6) is 5.75 Å². The van der Waals surface area contributed by atoms with Crippen molar-refractivity contribution in [3.8, 4) is 22.8 Å². The monoisotopic (exact) mass is 442 g/mol. The van der Waals surface area contributed by atoms with Gasteiger partial charge < -0.3 is 4.74 Å². The molecule has 33 heavy (non-hydrogen) atoms. The van der Waals surface area contributed by atoms with Gasteiger partial charge in [-0.3, -0.25) is 24.8 Å². The van der Waals surface area contributed by atoms with E-state index in [0.29, 0.717) is 28.1 Å². The van der Waals surface area contributed by atoms with Crippen molar-refractivity contribution in [1.82, 2.24) is 19.5 Å². The number of para-hydroxylation sites is 4. The predicted molar refractivity (Wildman–Crippen MR) is 119 cm³/mol. The number of rotatable bonds is 5. The molecule has 5 rings (SSSR count). The van der Waals surface area contributed by atoms with E-state index in [-0.39, 0.29) is 17.0 Å². The van der Waals surface area contributed by atoms with Gasteiger partial charge in [-0.25, -0.2) is 15.0 Å². The number of aromatic nitrogens is 4. The zero-order valence-electron chi connectivity index (χ0n) is 17.1. The molecule has 0 aliphatic rings. The summed E-state index contributed by atoms with van der Waals surface area (Å²) in [5, 5.41) is 22.9. The highest BCUT2D eigenvalue weighted by atomic mass is 16.6. The number of hydrogen-bond acceptors (Lipinski definition) is 8. The number of imidazole rings is 1. The summed E-state index contributed by atoms with van der Waals surface area (Å²) in [4.78, 5) is 35.4. The molecule has 11 heteroatoms. The van der Waals surface area contributed by atoms with Gasteiger partial charge in [-0.15, -0.1) is 0 Å². The van der Waals surface area contributed by atoms with E-state index in [1.807, 2.05) is 12.1 Å². The van der Waals surface area contributed by atoms with Gasteiger partial charge in [0.25, 0.3) is 11.4 Å². The van der Waals surface area contributed by atoms with Crippen molar-refractivity contribution in [2.75, 3.05) is 7.11 Å². The molecule has 3 aromatic carbocycles. The number of ether oxygens (including phenoxy) is 1. The van der Waals surface area contributed by atoms with E-state index in [2.05, 4.69) is 9.97 Å². The first-order valence-electron chi connectivity index (χ1n) is 9.69. The number of nitrogens with zero attached hydrogens (tertiary/aromatic N) is 6. The van der Waals surface area contributed by atoms with Gasteiger partial charge in [0.1, 0.15) is 11.6 Å². The number of nitro benzene ring substituents is 2. The molecule has 0 amide bonds. The zero-order chi connectivity index (χ0) is 23.1. The van der Waals surface area contributed by atoms with Crippen molar-refractivity contribution in [3.05, 3.63) is 87.0 Å². The maximum atomic E-state index is 11.5. The molecule has 0 aliphatic carbocycles. The molecule has 0 spiro atoms. The maximum Gasteiger partial charge on any atom is 0.277 e. The van der Waals surface area contributed by atoms with Crippen molar-refractivity contribution in [3.63, 3.8) is 0 Å². The molecular weight excluding hydrogens is 428 g/mol. The highest BCUT2D eigenvalue weighted by Crippen LogP contribution is 2.35. The highest BCUT2D eigenvalue weighted by molar-refractivity contribution is 5.87. The van der Waals surface area contributed by atoms with Crippen LogP contribution >= 0.6 is 0 Å².